The SMILES string of the molecule is Cc1ccccc1C(=O)NCCC(=O)NCc1ccc(N2CCSCC2)cc1. The van der Waals surface area contributed by atoms with Crippen molar-refractivity contribution in [1.82, 2.24) is 10.6 Å². The van der Waals surface area contributed by atoms with Gasteiger partial charge in [-0.15, -0.1) is 0 Å². The molecule has 0 aliphatic carbocycles. The van der Waals surface area contributed by atoms with Gasteiger partial charge >= 0.3 is 0 Å². The lowest BCUT2D eigenvalue weighted by atomic mass is 10.1. The third-order valence-corrected chi connectivity index (χ3v) is 5.77. The number of carbonyl (C=O) groups is 2. The summed E-state index contributed by atoms with van der Waals surface area (Å²) >= 11 is 2.00. The van der Waals surface area contributed by atoms with Gasteiger partial charge in [0, 0.05) is 55.4 Å². The van der Waals surface area contributed by atoms with Crippen molar-refractivity contribution in [2.24, 2.45) is 0 Å². The van der Waals surface area contributed by atoms with E-state index >= 15 is 0 Å². The van der Waals surface area contributed by atoms with E-state index in [1.165, 1.54) is 17.2 Å². The van der Waals surface area contributed by atoms with Crippen LogP contribution in [0.5, 0.6) is 0 Å². The molecule has 1 aliphatic rings. The smallest absolute Gasteiger partial charge is 0.251 e. The normalized spacial score (nSPS) is 13.8. The van der Waals surface area contributed by atoms with Gasteiger partial charge in [0.2, 0.25) is 5.91 Å². The highest BCUT2D eigenvalue weighted by Gasteiger charge is 2.11. The van der Waals surface area contributed by atoms with Crippen molar-refractivity contribution in [1.29, 1.82) is 0 Å². The first-order valence-corrected chi connectivity index (χ1v) is 10.8. The van der Waals surface area contributed by atoms with Crippen LogP contribution in [0.4, 0.5) is 5.69 Å². The zero-order valence-corrected chi connectivity index (χ0v) is 17.1. The van der Waals surface area contributed by atoms with Crippen molar-refractivity contribution in [2.45, 2.75) is 19.9 Å². The highest BCUT2D eigenvalue weighted by atomic mass is 32.2. The van der Waals surface area contributed by atoms with Gasteiger partial charge in [-0.25, -0.2) is 0 Å². The lowest BCUT2D eigenvalue weighted by Crippen LogP contribution is -2.32. The van der Waals surface area contributed by atoms with Gasteiger partial charge in [0.1, 0.15) is 0 Å². The number of carbonyl (C=O) groups excluding carboxylic acids is 2. The fourth-order valence-corrected chi connectivity index (χ4v) is 4.05. The van der Waals surface area contributed by atoms with Gasteiger partial charge in [0.05, 0.1) is 0 Å². The molecule has 0 unspecified atom stereocenters. The summed E-state index contributed by atoms with van der Waals surface area (Å²) in [7, 11) is 0. The molecule has 0 atom stereocenters. The molecular formula is C22H27N3O2S. The monoisotopic (exact) mass is 397 g/mol. The van der Waals surface area contributed by atoms with E-state index in [1.54, 1.807) is 6.07 Å². The first kappa shape index (κ1) is 20.3. The summed E-state index contributed by atoms with van der Waals surface area (Å²) in [5.74, 6) is 2.15. The summed E-state index contributed by atoms with van der Waals surface area (Å²) < 4.78 is 0. The van der Waals surface area contributed by atoms with Crippen molar-refractivity contribution >= 4 is 29.3 Å². The summed E-state index contributed by atoms with van der Waals surface area (Å²) in [6.07, 6.45) is 0.265. The topological polar surface area (TPSA) is 61.4 Å². The zero-order chi connectivity index (χ0) is 19.8. The average Bonchev–Trinajstić information content (AvgIpc) is 2.73. The Kier molecular flexibility index (Phi) is 7.37. The van der Waals surface area contributed by atoms with E-state index in [1.807, 2.05) is 36.9 Å². The van der Waals surface area contributed by atoms with E-state index in [-0.39, 0.29) is 18.2 Å². The van der Waals surface area contributed by atoms with E-state index in [0.717, 1.165) is 24.2 Å². The van der Waals surface area contributed by atoms with Crippen molar-refractivity contribution in [3.63, 3.8) is 0 Å². The van der Waals surface area contributed by atoms with E-state index in [4.69, 9.17) is 0 Å². The Morgan fingerprint density at radius 3 is 2.43 bits per heavy atom. The molecule has 0 spiro atoms. The van der Waals surface area contributed by atoms with Crippen LogP contribution >= 0.6 is 11.8 Å². The van der Waals surface area contributed by atoms with Crippen LogP contribution < -0.4 is 15.5 Å². The van der Waals surface area contributed by atoms with Crippen molar-refractivity contribution in [3.05, 3.63) is 65.2 Å². The number of hydrogen-bond donors (Lipinski definition) is 2. The average molecular weight is 398 g/mol. The number of nitrogens with one attached hydrogen (secondary N) is 2. The molecule has 1 fully saturated rings. The van der Waals surface area contributed by atoms with Crippen molar-refractivity contribution in [3.8, 4) is 0 Å². The maximum absolute atomic E-state index is 12.1. The zero-order valence-electron chi connectivity index (χ0n) is 16.2. The number of thioether (sulfide) groups is 1. The molecule has 148 valence electrons. The van der Waals surface area contributed by atoms with Crippen molar-refractivity contribution < 1.29 is 9.59 Å². The van der Waals surface area contributed by atoms with E-state index in [0.29, 0.717) is 18.7 Å². The van der Waals surface area contributed by atoms with Gasteiger partial charge in [0.15, 0.2) is 0 Å². The molecule has 5 nitrogen and oxygen atoms in total. The molecule has 1 aliphatic heterocycles. The van der Waals surface area contributed by atoms with Crippen LogP contribution in [-0.4, -0.2) is 43.0 Å². The molecule has 2 amide bonds. The Morgan fingerprint density at radius 1 is 1.00 bits per heavy atom. The molecule has 1 heterocycles. The number of aryl methyl sites for hydroxylation is 1. The minimum Gasteiger partial charge on any atom is -0.370 e. The second-order valence-electron chi connectivity index (χ2n) is 6.86. The Bertz CT molecular complexity index is 802. The van der Waals surface area contributed by atoms with E-state index < -0.39 is 0 Å². The van der Waals surface area contributed by atoms with Crippen LogP contribution in [0.2, 0.25) is 0 Å². The molecule has 3 rings (SSSR count). The highest BCUT2D eigenvalue weighted by Crippen LogP contribution is 2.19. The Labute approximate surface area is 170 Å². The predicted molar refractivity (Wildman–Crippen MR) is 116 cm³/mol. The maximum atomic E-state index is 12.1. The van der Waals surface area contributed by atoms with Crippen LogP contribution in [0.1, 0.15) is 27.9 Å². The van der Waals surface area contributed by atoms with Crippen LogP contribution in [0.25, 0.3) is 0 Å². The number of hydrogen-bond acceptors (Lipinski definition) is 4. The lowest BCUT2D eigenvalue weighted by Gasteiger charge is -2.28. The number of rotatable bonds is 7. The number of amides is 2. The highest BCUT2D eigenvalue weighted by molar-refractivity contribution is 7.99. The van der Waals surface area contributed by atoms with Gasteiger partial charge in [0.25, 0.3) is 5.91 Å². The first-order valence-electron chi connectivity index (χ1n) is 9.65. The predicted octanol–water partition coefficient (Wildman–Crippen LogP) is 2.98. The molecule has 0 bridgehead atoms. The van der Waals surface area contributed by atoms with Crippen LogP contribution in [0.15, 0.2) is 48.5 Å². The number of benzene rings is 2. The molecule has 2 aromatic carbocycles. The van der Waals surface area contributed by atoms with Gasteiger partial charge in [-0.1, -0.05) is 30.3 Å². The number of nitrogens with zero attached hydrogens (tertiary/aromatic N) is 1. The third kappa shape index (κ3) is 5.76. The lowest BCUT2D eigenvalue weighted by molar-refractivity contribution is -0.121. The molecule has 0 saturated carbocycles. The summed E-state index contributed by atoms with van der Waals surface area (Å²) in [5, 5.41) is 5.72. The summed E-state index contributed by atoms with van der Waals surface area (Å²) in [6.45, 7) is 4.91. The Balaban J connectivity index is 1.38. The molecular weight excluding hydrogens is 370 g/mol. The quantitative estimate of drug-likeness (QED) is 0.754. The summed E-state index contributed by atoms with van der Waals surface area (Å²) in [5.41, 5.74) is 3.90. The fraction of sp³-hybridized carbons (Fsp3) is 0.364. The molecule has 2 N–H and O–H groups in total. The van der Waals surface area contributed by atoms with E-state index in [2.05, 4.69) is 39.8 Å². The minimum atomic E-state index is -0.141. The van der Waals surface area contributed by atoms with Crippen LogP contribution in [-0.2, 0) is 11.3 Å². The molecule has 0 radical (unpaired) electrons. The summed E-state index contributed by atoms with van der Waals surface area (Å²) in [6, 6.07) is 15.8. The van der Waals surface area contributed by atoms with E-state index in [9.17, 15) is 9.59 Å². The molecule has 1 saturated heterocycles. The third-order valence-electron chi connectivity index (χ3n) is 4.83. The first-order chi connectivity index (χ1) is 13.6. The molecule has 2 aromatic rings. The van der Waals surface area contributed by atoms with Gasteiger partial charge in [-0.2, -0.15) is 11.8 Å². The van der Waals surface area contributed by atoms with Crippen molar-refractivity contribution in [2.75, 3.05) is 36.0 Å². The van der Waals surface area contributed by atoms with Gasteiger partial charge in [-0.05, 0) is 36.2 Å². The second kappa shape index (κ2) is 10.2. The molecule has 6 heteroatoms. The Morgan fingerprint density at radius 2 is 1.71 bits per heavy atom. The van der Waals surface area contributed by atoms with Gasteiger partial charge in [-0.3, -0.25) is 9.59 Å². The maximum Gasteiger partial charge on any atom is 0.251 e. The second-order valence-corrected chi connectivity index (χ2v) is 8.09. The Hall–Kier alpha value is -2.47. The van der Waals surface area contributed by atoms with Crippen LogP contribution in [0, 0.1) is 6.92 Å². The fourth-order valence-electron chi connectivity index (χ4n) is 3.15. The minimum absolute atomic E-state index is 0.0674. The standard InChI is InChI=1S/C22H27N3O2S/c1-17-4-2-3-5-20(17)22(27)23-11-10-21(26)24-16-18-6-8-19(9-7-18)25-12-14-28-15-13-25/h2-9H,10-16H2,1H3,(H,23,27)(H,24,26). The largest absolute Gasteiger partial charge is 0.370 e. The van der Waals surface area contributed by atoms with Gasteiger partial charge < -0.3 is 15.5 Å². The number of anilines is 1. The summed E-state index contributed by atoms with van der Waals surface area (Å²) in [4.78, 5) is 26.6. The van der Waals surface area contributed by atoms with Crippen LogP contribution in [0.3, 0.4) is 0 Å². The molecule has 0 aromatic heterocycles. The molecule has 28 heavy (non-hydrogen) atoms.